The molecule has 3 rings (SSSR count). The van der Waals surface area contributed by atoms with Crippen molar-refractivity contribution in [2.24, 2.45) is 11.8 Å². The summed E-state index contributed by atoms with van der Waals surface area (Å²) in [6.45, 7) is 6.10. The second-order valence-electron chi connectivity index (χ2n) is 5.93. The lowest BCUT2D eigenvalue weighted by atomic mass is 10.0. The van der Waals surface area contributed by atoms with Crippen LogP contribution >= 0.6 is 0 Å². The van der Waals surface area contributed by atoms with Gasteiger partial charge in [-0.2, -0.15) is 0 Å². The Balaban J connectivity index is 1.60. The number of nitrogens with zero attached hydrogens (tertiary/aromatic N) is 2. The molecule has 18 heavy (non-hydrogen) atoms. The van der Waals surface area contributed by atoms with E-state index in [0.29, 0.717) is 0 Å². The van der Waals surface area contributed by atoms with Crippen LogP contribution in [0.25, 0.3) is 0 Å². The summed E-state index contributed by atoms with van der Waals surface area (Å²) in [6.07, 6.45) is 0. The van der Waals surface area contributed by atoms with Crippen molar-refractivity contribution in [1.29, 1.82) is 0 Å². The maximum Gasteiger partial charge on any atom is 0.0361 e. The summed E-state index contributed by atoms with van der Waals surface area (Å²) in [4.78, 5) is 4.76. The van der Waals surface area contributed by atoms with Crippen LogP contribution in [0.3, 0.4) is 0 Å². The molecule has 2 atom stereocenters. The fourth-order valence-electron chi connectivity index (χ4n) is 3.24. The van der Waals surface area contributed by atoms with E-state index < -0.39 is 0 Å². The zero-order chi connectivity index (χ0) is 12.5. The second-order valence-corrected chi connectivity index (χ2v) is 5.93. The molecule has 0 unspecified atom stereocenters. The molecule has 1 aromatic carbocycles. The lowest BCUT2D eigenvalue weighted by molar-refractivity contribution is 0.305. The molecular formula is C15H23N3. The highest BCUT2D eigenvalue weighted by molar-refractivity contribution is 5.45. The molecule has 0 aromatic heterocycles. The number of hydrogen-bond acceptors (Lipinski definition) is 3. The molecule has 3 nitrogen and oxygen atoms in total. The van der Waals surface area contributed by atoms with Crippen LogP contribution in [-0.4, -0.2) is 45.2 Å². The third kappa shape index (κ3) is 2.38. The van der Waals surface area contributed by atoms with Gasteiger partial charge in [-0.05, 0) is 42.6 Å². The molecule has 0 bridgehead atoms. The highest BCUT2D eigenvalue weighted by atomic mass is 15.2. The fourth-order valence-corrected chi connectivity index (χ4v) is 3.24. The molecule has 2 heterocycles. The Morgan fingerprint density at radius 2 is 1.72 bits per heavy atom. The Kier molecular flexibility index (Phi) is 3.27. The second kappa shape index (κ2) is 4.90. The molecule has 0 aliphatic carbocycles. The van der Waals surface area contributed by atoms with Gasteiger partial charge in [-0.15, -0.1) is 0 Å². The number of nitrogens with one attached hydrogen (secondary N) is 1. The number of fused-ring (bicyclic) bond motifs is 1. The molecule has 0 spiro atoms. The Morgan fingerprint density at radius 1 is 1.11 bits per heavy atom. The minimum Gasteiger partial charge on any atom is -0.378 e. The van der Waals surface area contributed by atoms with Crippen LogP contribution in [0.5, 0.6) is 0 Å². The lowest BCUT2D eigenvalue weighted by Crippen LogP contribution is -2.25. The van der Waals surface area contributed by atoms with E-state index in [4.69, 9.17) is 0 Å². The van der Waals surface area contributed by atoms with Crippen LogP contribution < -0.4 is 10.2 Å². The maximum absolute atomic E-state index is 3.50. The molecular weight excluding hydrogens is 222 g/mol. The van der Waals surface area contributed by atoms with E-state index in [-0.39, 0.29) is 0 Å². The summed E-state index contributed by atoms with van der Waals surface area (Å²) in [5.41, 5.74) is 2.72. The van der Waals surface area contributed by atoms with Gasteiger partial charge in [0.05, 0.1) is 0 Å². The molecule has 3 heteroatoms. The first-order valence-corrected chi connectivity index (χ1v) is 6.92. The zero-order valence-electron chi connectivity index (χ0n) is 11.4. The average molecular weight is 245 g/mol. The zero-order valence-corrected chi connectivity index (χ0v) is 11.4. The van der Waals surface area contributed by atoms with Crippen LogP contribution in [0.1, 0.15) is 5.56 Å². The van der Waals surface area contributed by atoms with Crippen molar-refractivity contribution in [2.75, 3.05) is 45.2 Å². The van der Waals surface area contributed by atoms with E-state index in [1.807, 2.05) is 0 Å². The molecule has 2 fully saturated rings. The van der Waals surface area contributed by atoms with Gasteiger partial charge in [-0.3, -0.25) is 4.90 Å². The largest absolute Gasteiger partial charge is 0.378 e. The summed E-state index contributed by atoms with van der Waals surface area (Å²) >= 11 is 0. The summed E-state index contributed by atoms with van der Waals surface area (Å²) in [7, 11) is 4.17. The predicted octanol–water partition coefficient (Wildman–Crippen LogP) is 1.40. The molecule has 0 saturated carbocycles. The Labute approximate surface area is 110 Å². The van der Waals surface area contributed by atoms with Crippen molar-refractivity contribution >= 4 is 5.69 Å². The Hall–Kier alpha value is -1.06. The monoisotopic (exact) mass is 245 g/mol. The van der Waals surface area contributed by atoms with Gasteiger partial charge in [-0.1, -0.05) is 12.1 Å². The molecule has 0 amide bonds. The summed E-state index contributed by atoms with van der Waals surface area (Å²) in [5.74, 6) is 1.79. The van der Waals surface area contributed by atoms with Gasteiger partial charge in [-0.25, -0.2) is 0 Å². The minimum atomic E-state index is 0.894. The first-order chi connectivity index (χ1) is 8.72. The van der Waals surface area contributed by atoms with E-state index in [2.05, 4.69) is 53.5 Å². The summed E-state index contributed by atoms with van der Waals surface area (Å²) in [5, 5.41) is 3.50. The summed E-state index contributed by atoms with van der Waals surface area (Å²) in [6, 6.07) is 8.96. The van der Waals surface area contributed by atoms with E-state index in [9.17, 15) is 0 Å². The van der Waals surface area contributed by atoms with Crippen LogP contribution in [0.4, 0.5) is 5.69 Å². The highest BCUT2D eigenvalue weighted by Gasteiger charge is 2.35. The van der Waals surface area contributed by atoms with Gasteiger partial charge in [0.25, 0.3) is 0 Å². The molecule has 2 aliphatic rings. The van der Waals surface area contributed by atoms with Crippen molar-refractivity contribution in [3.05, 3.63) is 29.8 Å². The van der Waals surface area contributed by atoms with Gasteiger partial charge in [0.1, 0.15) is 0 Å². The van der Waals surface area contributed by atoms with Gasteiger partial charge >= 0.3 is 0 Å². The fraction of sp³-hybridized carbons (Fsp3) is 0.600. The van der Waals surface area contributed by atoms with Crippen LogP contribution in [0.15, 0.2) is 24.3 Å². The lowest BCUT2D eigenvalue weighted by Gasteiger charge is -2.18. The third-order valence-electron chi connectivity index (χ3n) is 4.32. The van der Waals surface area contributed by atoms with Crippen LogP contribution in [-0.2, 0) is 6.54 Å². The van der Waals surface area contributed by atoms with Gasteiger partial charge in [0.15, 0.2) is 0 Å². The highest BCUT2D eigenvalue weighted by Crippen LogP contribution is 2.27. The molecule has 1 aromatic rings. The van der Waals surface area contributed by atoms with Gasteiger partial charge in [0, 0.05) is 39.4 Å². The minimum absolute atomic E-state index is 0.894. The van der Waals surface area contributed by atoms with Crippen molar-refractivity contribution < 1.29 is 0 Å². The van der Waals surface area contributed by atoms with E-state index in [1.165, 1.54) is 37.4 Å². The van der Waals surface area contributed by atoms with Crippen molar-refractivity contribution in [1.82, 2.24) is 10.2 Å². The van der Waals surface area contributed by atoms with Crippen molar-refractivity contribution in [2.45, 2.75) is 6.54 Å². The molecule has 1 N–H and O–H groups in total. The van der Waals surface area contributed by atoms with Crippen molar-refractivity contribution in [3.8, 4) is 0 Å². The van der Waals surface area contributed by atoms with Gasteiger partial charge < -0.3 is 10.2 Å². The van der Waals surface area contributed by atoms with E-state index >= 15 is 0 Å². The first-order valence-electron chi connectivity index (χ1n) is 6.92. The SMILES string of the molecule is CN(C)c1ccc(CN2C[C@H]3CNC[C@H]3C2)cc1. The smallest absolute Gasteiger partial charge is 0.0361 e. The topological polar surface area (TPSA) is 18.5 Å². The maximum atomic E-state index is 3.50. The number of benzene rings is 1. The van der Waals surface area contributed by atoms with Gasteiger partial charge in [0.2, 0.25) is 0 Å². The Bertz CT molecular complexity index is 387. The number of anilines is 1. The molecule has 2 saturated heterocycles. The normalized spacial score (nSPS) is 27.4. The van der Waals surface area contributed by atoms with Crippen LogP contribution in [0, 0.1) is 11.8 Å². The molecule has 98 valence electrons. The number of hydrogen-bond donors (Lipinski definition) is 1. The van der Waals surface area contributed by atoms with Crippen LogP contribution in [0.2, 0.25) is 0 Å². The van der Waals surface area contributed by atoms with E-state index in [1.54, 1.807) is 0 Å². The first kappa shape index (κ1) is 12.0. The molecule has 2 aliphatic heterocycles. The number of likely N-dealkylation sites (tertiary alicyclic amines) is 1. The third-order valence-corrected chi connectivity index (χ3v) is 4.32. The van der Waals surface area contributed by atoms with E-state index in [0.717, 1.165) is 18.4 Å². The average Bonchev–Trinajstić information content (AvgIpc) is 2.90. The molecule has 0 radical (unpaired) electrons. The quantitative estimate of drug-likeness (QED) is 0.868. The Morgan fingerprint density at radius 3 is 2.28 bits per heavy atom. The van der Waals surface area contributed by atoms with Crippen molar-refractivity contribution in [3.63, 3.8) is 0 Å². The number of rotatable bonds is 3. The predicted molar refractivity (Wildman–Crippen MR) is 75.9 cm³/mol. The summed E-state index contributed by atoms with van der Waals surface area (Å²) < 4.78 is 0. The standard InChI is InChI=1S/C15H23N3/c1-17(2)15-5-3-12(4-6-15)9-18-10-13-7-16-8-14(13)11-18/h3-6,13-14,16H,7-11H2,1-2H3/t13-,14+.